The van der Waals surface area contributed by atoms with Crippen LogP contribution < -0.4 is 0 Å². The van der Waals surface area contributed by atoms with E-state index in [0.717, 1.165) is 56.9 Å². The van der Waals surface area contributed by atoms with Crippen molar-refractivity contribution in [2.24, 2.45) is 23.2 Å². The number of rotatable bonds is 6. The molecule has 4 rings (SSSR count). The number of nitrogens with zero attached hydrogens (tertiary/aromatic N) is 1. The van der Waals surface area contributed by atoms with Crippen LogP contribution in [0.3, 0.4) is 0 Å². The lowest BCUT2D eigenvalue weighted by molar-refractivity contribution is 0.0351. The Morgan fingerprint density at radius 2 is 1.87 bits per heavy atom. The quantitative estimate of drug-likeness (QED) is 0.639. The van der Waals surface area contributed by atoms with Crippen LogP contribution in [-0.4, -0.2) is 60.2 Å². The fourth-order valence-corrected chi connectivity index (χ4v) is 7.41. The second-order valence-electron chi connectivity index (χ2n) is 11.2. The summed E-state index contributed by atoms with van der Waals surface area (Å²) in [6.07, 6.45) is 15.2. The van der Waals surface area contributed by atoms with Gasteiger partial charge in [-0.2, -0.15) is 0 Å². The van der Waals surface area contributed by atoms with Crippen molar-refractivity contribution in [1.29, 1.82) is 0 Å². The van der Waals surface area contributed by atoms with Gasteiger partial charge >= 0.3 is 0 Å². The molecule has 3 saturated carbocycles. The van der Waals surface area contributed by atoms with Gasteiger partial charge < -0.3 is 14.9 Å². The largest absolute Gasteiger partial charge is 0.393 e. The highest BCUT2D eigenvalue weighted by atomic mass is 16.5. The third-order valence-corrected chi connectivity index (χ3v) is 9.04. The van der Waals surface area contributed by atoms with Crippen LogP contribution in [0.4, 0.5) is 0 Å². The summed E-state index contributed by atoms with van der Waals surface area (Å²) in [7, 11) is 0. The molecule has 0 bridgehead atoms. The van der Waals surface area contributed by atoms with E-state index in [1.54, 1.807) is 5.57 Å². The maximum absolute atomic E-state index is 10.00. The SMILES string of the molecule is C[C@H](CCCN1CCOCC1)[C@H]1CC[C@H]2/C(=C/C=C3C[C@@H](O)C[C@H](O)C3)CCC[C@]12C. The number of aliphatic hydroxyl groups excluding tert-OH is 2. The minimum Gasteiger partial charge on any atom is -0.393 e. The standard InChI is InChI=1S/C27H45NO3/c1-20(5-4-12-28-13-15-31-16-14-28)25-9-10-26-22(6-3-11-27(25,26)2)8-7-21-17-23(29)19-24(30)18-21/h7-8,20,23-26,29-30H,3-6,9-19H2,1-2H3/b22-8+/t20-,23-,24-,25-,26+,27-/m1/s1. The van der Waals surface area contributed by atoms with Gasteiger partial charge in [0.1, 0.15) is 0 Å². The predicted molar refractivity (Wildman–Crippen MR) is 126 cm³/mol. The second kappa shape index (κ2) is 10.5. The normalized spacial score (nSPS) is 39.5. The second-order valence-corrected chi connectivity index (χ2v) is 11.2. The molecule has 4 nitrogen and oxygen atoms in total. The molecule has 0 radical (unpaired) electrons. The monoisotopic (exact) mass is 431 g/mol. The molecule has 0 spiro atoms. The van der Waals surface area contributed by atoms with E-state index in [1.165, 1.54) is 57.1 Å². The summed E-state index contributed by atoms with van der Waals surface area (Å²) in [4.78, 5) is 2.57. The zero-order valence-electron chi connectivity index (χ0n) is 19.9. The lowest BCUT2D eigenvalue weighted by Gasteiger charge is -2.44. The van der Waals surface area contributed by atoms with Gasteiger partial charge in [0.15, 0.2) is 0 Å². The maximum Gasteiger partial charge on any atom is 0.0602 e. The number of fused-ring (bicyclic) bond motifs is 1. The average Bonchev–Trinajstić information content (AvgIpc) is 3.10. The molecule has 176 valence electrons. The third kappa shape index (κ3) is 5.63. The van der Waals surface area contributed by atoms with Crippen molar-refractivity contribution >= 4 is 0 Å². The van der Waals surface area contributed by atoms with Gasteiger partial charge in [-0.15, -0.1) is 0 Å². The molecule has 6 atom stereocenters. The number of hydrogen-bond donors (Lipinski definition) is 2. The first kappa shape index (κ1) is 23.5. The van der Waals surface area contributed by atoms with Crippen molar-refractivity contribution in [2.75, 3.05) is 32.8 Å². The Hall–Kier alpha value is -0.680. The van der Waals surface area contributed by atoms with E-state index < -0.39 is 0 Å². The first-order chi connectivity index (χ1) is 15.0. The predicted octanol–water partition coefficient (Wildman–Crippen LogP) is 4.71. The Balaban J connectivity index is 1.35. The van der Waals surface area contributed by atoms with E-state index in [1.807, 2.05) is 0 Å². The van der Waals surface area contributed by atoms with Crippen molar-refractivity contribution in [3.05, 3.63) is 23.3 Å². The van der Waals surface area contributed by atoms with E-state index in [0.29, 0.717) is 11.8 Å². The molecule has 3 aliphatic carbocycles. The van der Waals surface area contributed by atoms with Crippen LogP contribution in [0.5, 0.6) is 0 Å². The smallest absolute Gasteiger partial charge is 0.0602 e. The third-order valence-electron chi connectivity index (χ3n) is 9.04. The van der Waals surface area contributed by atoms with Crippen LogP contribution in [-0.2, 0) is 4.74 Å². The van der Waals surface area contributed by atoms with Gasteiger partial charge in [0, 0.05) is 13.1 Å². The van der Waals surface area contributed by atoms with Crippen molar-refractivity contribution in [3.8, 4) is 0 Å². The van der Waals surface area contributed by atoms with Crippen LogP contribution in [0.25, 0.3) is 0 Å². The van der Waals surface area contributed by atoms with E-state index in [2.05, 4.69) is 30.9 Å². The van der Waals surface area contributed by atoms with Crippen molar-refractivity contribution in [2.45, 2.75) is 90.3 Å². The lowest BCUT2D eigenvalue weighted by atomic mass is 9.60. The fourth-order valence-electron chi connectivity index (χ4n) is 7.41. The van der Waals surface area contributed by atoms with E-state index >= 15 is 0 Å². The Bertz CT molecular complexity index is 641. The van der Waals surface area contributed by atoms with Gasteiger partial charge in [0.2, 0.25) is 0 Å². The first-order valence-electron chi connectivity index (χ1n) is 13.0. The Morgan fingerprint density at radius 1 is 1.13 bits per heavy atom. The van der Waals surface area contributed by atoms with Gasteiger partial charge in [-0.25, -0.2) is 0 Å². The number of aliphatic hydroxyl groups is 2. The molecule has 0 aromatic carbocycles. The summed E-state index contributed by atoms with van der Waals surface area (Å²) in [5.41, 5.74) is 3.31. The molecule has 0 aromatic heterocycles. The summed E-state index contributed by atoms with van der Waals surface area (Å²) in [6.45, 7) is 10.4. The van der Waals surface area contributed by atoms with Gasteiger partial charge in [0.05, 0.1) is 25.4 Å². The molecule has 1 saturated heterocycles. The average molecular weight is 432 g/mol. The summed E-state index contributed by atoms with van der Waals surface area (Å²) in [6, 6.07) is 0. The molecule has 4 heteroatoms. The summed E-state index contributed by atoms with van der Waals surface area (Å²) in [5, 5.41) is 20.0. The number of ether oxygens (including phenoxy) is 1. The van der Waals surface area contributed by atoms with E-state index in [-0.39, 0.29) is 12.2 Å². The van der Waals surface area contributed by atoms with Crippen molar-refractivity contribution < 1.29 is 14.9 Å². The summed E-state index contributed by atoms with van der Waals surface area (Å²) < 4.78 is 5.48. The molecular formula is C27H45NO3. The summed E-state index contributed by atoms with van der Waals surface area (Å²) in [5.74, 6) is 2.37. The molecule has 1 aliphatic heterocycles. The maximum atomic E-state index is 10.00. The zero-order valence-corrected chi connectivity index (χ0v) is 19.9. The number of hydrogen-bond acceptors (Lipinski definition) is 4. The number of morpholine rings is 1. The highest BCUT2D eigenvalue weighted by molar-refractivity contribution is 5.26. The molecule has 1 heterocycles. The molecule has 0 amide bonds. The molecular weight excluding hydrogens is 386 g/mol. The van der Waals surface area contributed by atoms with Gasteiger partial charge in [-0.1, -0.05) is 37.1 Å². The van der Waals surface area contributed by atoms with Crippen LogP contribution in [0.15, 0.2) is 23.3 Å². The van der Waals surface area contributed by atoms with Gasteiger partial charge in [-0.3, -0.25) is 4.90 Å². The molecule has 4 aliphatic rings. The first-order valence-corrected chi connectivity index (χ1v) is 13.0. The Kier molecular flexibility index (Phi) is 7.95. The zero-order chi connectivity index (χ0) is 21.8. The molecule has 0 unspecified atom stereocenters. The fraction of sp³-hybridized carbons (Fsp3) is 0.852. The highest BCUT2D eigenvalue weighted by Crippen LogP contribution is 2.59. The highest BCUT2D eigenvalue weighted by Gasteiger charge is 2.50. The molecule has 0 aromatic rings. The minimum atomic E-state index is -0.376. The van der Waals surface area contributed by atoms with Crippen LogP contribution >= 0.6 is 0 Å². The molecule has 4 fully saturated rings. The Morgan fingerprint density at radius 3 is 2.61 bits per heavy atom. The summed E-state index contributed by atoms with van der Waals surface area (Å²) >= 11 is 0. The lowest BCUT2D eigenvalue weighted by Crippen LogP contribution is -2.38. The van der Waals surface area contributed by atoms with Gasteiger partial charge in [0.25, 0.3) is 0 Å². The van der Waals surface area contributed by atoms with E-state index in [9.17, 15) is 10.2 Å². The van der Waals surface area contributed by atoms with Crippen molar-refractivity contribution in [3.63, 3.8) is 0 Å². The van der Waals surface area contributed by atoms with E-state index in [4.69, 9.17) is 4.74 Å². The molecule has 2 N–H and O–H groups in total. The van der Waals surface area contributed by atoms with Crippen LogP contribution in [0, 0.1) is 23.2 Å². The topological polar surface area (TPSA) is 52.9 Å². The van der Waals surface area contributed by atoms with Crippen molar-refractivity contribution in [1.82, 2.24) is 4.90 Å². The molecule has 31 heavy (non-hydrogen) atoms. The van der Waals surface area contributed by atoms with Crippen LogP contribution in [0.2, 0.25) is 0 Å². The van der Waals surface area contributed by atoms with Crippen LogP contribution in [0.1, 0.15) is 78.1 Å². The van der Waals surface area contributed by atoms with Gasteiger partial charge in [-0.05, 0) is 93.9 Å². The number of allylic oxidation sites excluding steroid dienone is 3. The Labute approximate surface area is 189 Å². The minimum absolute atomic E-state index is 0.376.